The molecule has 7 fully saturated rings. The van der Waals surface area contributed by atoms with Crippen LogP contribution in [0.25, 0.3) is 0 Å². The molecule has 3 aliphatic heterocycles. The van der Waals surface area contributed by atoms with Gasteiger partial charge in [-0.3, -0.25) is 9.59 Å². The number of carbonyl (C=O) groups is 2. The molecular formula is C48H76O21. The van der Waals surface area contributed by atoms with Crippen molar-refractivity contribution in [1.29, 1.82) is 0 Å². The number of hydrogen-bond acceptors (Lipinski definition) is 20. The first kappa shape index (κ1) is 53.3. The van der Waals surface area contributed by atoms with Gasteiger partial charge in [0.2, 0.25) is 6.29 Å². The maximum atomic E-state index is 15.0. The van der Waals surface area contributed by atoms with E-state index >= 15 is 4.79 Å². The van der Waals surface area contributed by atoms with E-state index in [2.05, 4.69) is 26.8 Å². The van der Waals surface area contributed by atoms with Gasteiger partial charge in [-0.15, -0.1) is 0 Å². The number of aliphatic hydroxyl groups excluding tert-OH is 12. The second-order valence-electron chi connectivity index (χ2n) is 23.0. The second kappa shape index (κ2) is 19.0. The summed E-state index contributed by atoms with van der Waals surface area (Å²) in [6.07, 6.45) is -20.1. The van der Waals surface area contributed by atoms with E-state index in [1.54, 1.807) is 6.92 Å². The molecule has 25 atom stereocenters. The summed E-state index contributed by atoms with van der Waals surface area (Å²) in [5.41, 5.74) is -3.08. The van der Waals surface area contributed by atoms with Crippen LogP contribution in [0.5, 0.6) is 0 Å². The van der Waals surface area contributed by atoms with Gasteiger partial charge in [-0.1, -0.05) is 39.3 Å². The number of allylic oxidation sites excluding steroid dienone is 2. The van der Waals surface area contributed by atoms with Gasteiger partial charge in [0.05, 0.1) is 43.4 Å². The van der Waals surface area contributed by atoms with Crippen LogP contribution in [0.2, 0.25) is 0 Å². The van der Waals surface area contributed by atoms with Crippen molar-refractivity contribution in [3.63, 3.8) is 0 Å². The molecule has 0 unspecified atom stereocenters. The minimum absolute atomic E-state index is 0.0737. The fourth-order valence-electron chi connectivity index (χ4n) is 14.9. The maximum Gasteiger partial charge on any atom is 0.315 e. The zero-order valence-corrected chi connectivity index (χ0v) is 40.0. The van der Waals surface area contributed by atoms with Crippen molar-refractivity contribution in [3.05, 3.63) is 11.6 Å². The number of rotatable bonds is 11. The Morgan fingerprint density at radius 2 is 1.25 bits per heavy atom. The lowest BCUT2D eigenvalue weighted by Gasteiger charge is -2.71. The van der Waals surface area contributed by atoms with Crippen LogP contribution in [0.1, 0.15) is 98.8 Å². The van der Waals surface area contributed by atoms with E-state index in [0.717, 1.165) is 24.8 Å². The lowest BCUT2D eigenvalue weighted by Crippen LogP contribution is -2.66. The molecular weight excluding hydrogens is 913 g/mol. The standard InChI is InChI=1S/C48H76O21/c1-43(41(61)62)12-14-48(15-13-46(4)21(22(48)16-43)6-7-27-44(2)10-9-28(52)45(3,20-51)26(44)8-11-47(27,46)5)42(63)69-40-35(59)33(57)30(54)25(67-40)19-64-38-36(60)37(31(55)24(18-50)65-38)68-39-34(58)32(56)29(53)23(17-49)66-39/h6,22-40,49-60H,7-20H2,1-5H3,(H,61,62)/t22-,23+,24+,25+,26-,27-,28+,29+,30+,31+,32-,33-,34+,35+,36+,37-,38+,39-,40-,43+,44+,45+,46-,47+,48+/m1/s1. The van der Waals surface area contributed by atoms with E-state index in [9.17, 15) is 71.2 Å². The van der Waals surface area contributed by atoms with Crippen LogP contribution < -0.4 is 0 Å². The Hall–Kier alpha value is -2.00. The van der Waals surface area contributed by atoms with Crippen LogP contribution in [0.4, 0.5) is 0 Å². The lowest BCUT2D eigenvalue weighted by molar-refractivity contribution is -0.365. The number of carbonyl (C=O) groups excluding carboxylic acids is 1. The van der Waals surface area contributed by atoms with Gasteiger partial charge in [0.25, 0.3) is 0 Å². The molecule has 0 aromatic carbocycles. The summed E-state index contributed by atoms with van der Waals surface area (Å²) in [4.78, 5) is 28.0. The number of ether oxygens (including phenoxy) is 6. The summed E-state index contributed by atoms with van der Waals surface area (Å²) in [5, 5.41) is 139. The van der Waals surface area contributed by atoms with Crippen molar-refractivity contribution in [2.45, 2.75) is 197 Å². The Morgan fingerprint density at radius 1 is 0.652 bits per heavy atom. The summed E-state index contributed by atoms with van der Waals surface area (Å²) in [6, 6.07) is 0. The predicted molar refractivity (Wildman–Crippen MR) is 234 cm³/mol. The molecule has 0 bridgehead atoms. The van der Waals surface area contributed by atoms with Crippen molar-refractivity contribution >= 4 is 11.9 Å². The Morgan fingerprint density at radius 3 is 1.88 bits per heavy atom. The van der Waals surface area contributed by atoms with E-state index in [1.807, 2.05) is 6.92 Å². The van der Waals surface area contributed by atoms with E-state index in [4.69, 9.17) is 28.4 Å². The third-order valence-corrected chi connectivity index (χ3v) is 19.7. The molecule has 69 heavy (non-hydrogen) atoms. The van der Waals surface area contributed by atoms with E-state index in [-0.39, 0.29) is 48.5 Å². The Labute approximate surface area is 400 Å². The number of esters is 1. The average molecular weight is 989 g/mol. The van der Waals surface area contributed by atoms with Crippen LogP contribution in [-0.4, -0.2) is 203 Å². The van der Waals surface area contributed by atoms with Gasteiger partial charge < -0.3 is 94.8 Å². The summed E-state index contributed by atoms with van der Waals surface area (Å²) in [6.45, 7) is 8.06. The Balaban J connectivity index is 1.01. The third kappa shape index (κ3) is 8.25. The van der Waals surface area contributed by atoms with Crippen LogP contribution in [-0.2, 0) is 38.0 Å². The summed E-state index contributed by atoms with van der Waals surface area (Å²) >= 11 is 0. The minimum Gasteiger partial charge on any atom is -0.481 e. The number of aliphatic hydroxyl groups is 12. The molecule has 394 valence electrons. The second-order valence-corrected chi connectivity index (χ2v) is 23.0. The van der Waals surface area contributed by atoms with Gasteiger partial charge in [0.1, 0.15) is 73.2 Å². The molecule has 0 aromatic rings. The van der Waals surface area contributed by atoms with Crippen molar-refractivity contribution in [1.82, 2.24) is 0 Å². The normalized spacial score (nSPS) is 54.2. The highest BCUT2D eigenvalue weighted by Gasteiger charge is 2.71. The zero-order valence-electron chi connectivity index (χ0n) is 40.0. The van der Waals surface area contributed by atoms with Crippen molar-refractivity contribution < 1.29 is 104 Å². The van der Waals surface area contributed by atoms with Gasteiger partial charge in [0, 0.05) is 5.41 Å². The molecule has 5 aliphatic carbocycles. The number of carboxylic acid groups (broad SMARTS) is 1. The van der Waals surface area contributed by atoms with Crippen LogP contribution in [0.15, 0.2) is 11.6 Å². The van der Waals surface area contributed by atoms with Crippen LogP contribution in [0.3, 0.4) is 0 Å². The summed E-state index contributed by atoms with van der Waals surface area (Å²) < 4.78 is 34.3. The van der Waals surface area contributed by atoms with E-state index < -0.39 is 158 Å². The summed E-state index contributed by atoms with van der Waals surface area (Å²) in [5.74, 6) is -2.10. The van der Waals surface area contributed by atoms with Crippen LogP contribution in [0, 0.1) is 50.2 Å². The average Bonchev–Trinajstić information content (AvgIpc) is 3.32. The Kier molecular flexibility index (Phi) is 14.7. The van der Waals surface area contributed by atoms with Gasteiger partial charge in [-0.05, 0) is 105 Å². The van der Waals surface area contributed by atoms with Crippen molar-refractivity contribution in [2.75, 3.05) is 26.4 Å². The summed E-state index contributed by atoms with van der Waals surface area (Å²) in [7, 11) is 0. The van der Waals surface area contributed by atoms with Gasteiger partial charge >= 0.3 is 11.9 Å². The fraction of sp³-hybridized carbons (Fsp3) is 0.917. The molecule has 8 aliphatic rings. The number of fused-ring (bicyclic) bond motifs is 7. The molecule has 0 spiro atoms. The first-order valence-corrected chi connectivity index (χ1v) is 24.7. The largest absolute Gasteiger partial charge is 0.481 e. The molecule has 3 heterocycles. The SMILES string of the molecule is C[C@]1(C(=O)O)CC[C@]2(C(=O)O[C@H]3O[C@@H](CO[C@H]4O[C@@H](CO)[C@H](O)[C@@H](O[C@H]5O[C@@H](CO)[C@H](O)[C@@H](O)[C@@H]5O)[C@@H]4O)[C@H](O)[C@@H](O)[C@@H]3O)CC[C@]3(C)C(=CC[C@@H]4[C@@]5(C)CC[C@H](O)[C@@](C)(CO)[C@@H]5CC[C@@]43C)[C@H]2C1. The molecule has 0 amide bonds. The van der Waals surface area contributed by atoms with Gasteiger partial charge in [-0.2, -0.15) is 0 Å². The number of carboxylic acids is 1. The first-order chi connectivity index (χ1) is 32.3. The molecule has 13 N–H and O–H groups in total. The quantitative estimate of drug-likeness (QED) is 0.0800. The molecule has 4 saturated carbocycles. The highest BCUT2D eigenvalue weighted by Crippen LogP contribution is 2.76. The highest BCUT2D eigenvalue weighted by molar-refractivity contribution is 5.81. The van der Waals surface area contributed by atoms with Crippen molar-refractivity contribution in [3.8, 4) is 0 Å². The predicted octanol–water partition coefficient (Wildman–Crippen LogP) is -1.82. The van der Waals surface area contributed by atoms with Crippen LogP contribution >= 0.6 is 0 Å². The fourth-order valence-corrected chi connectivity index (χ4v) is 14.9. The molecule has 8 rings (SSSR count). The molecule has 3 saturated heterocycles. The smallest absolute Gasteiger partial charge is 0.315 e. The molecule has 21 nitrogen and oxygen atoms in total. The minimum atomic E-state index is -1.96. The first-order valence-electron chi connectivity index (χ1n) is 24.7. The Bertz CT molecular complexity index is 1920. The number of hydrogen-bond donors (Lipinski definition) is 13. The van der Waals surface area contributed by atoms with E-state index in [0.29, 0.717) is 25.7 Å². The zero-order chi connectivity index (χ0) is 50.6. The van der Waals surface area contributed by atoms with E-state index in [1.165, 1.54) is 0 Å². The topological polar surface area (TPSA) is 353 Å². The van der Waals surface area contributed by atoms with Gasteiger partial charge in [0.15, 0.2) is 12.6 Å². The lowest BCUT2D eigenvalue weighted by atomic mass is 9.33. The molecule has 21 heteroatoms. The highest BCUT2D eigenvalue weighted by atomic mass is 16.8. The molecule has 0 radical (unpaired) electrons. The number of aliphatic carboxylic acids is 1. The van der Waals surface area contributed by atoms with Gasteiger partial charge in [-0.25, -0.2) is 0 Å². The maximum absolute atomic E-state index is 15.0. The monoisotopic (exact) mass is 988 g/mol. The molecule has 0 aromatic heterocycles. The van der Waals surface area contributed by atoms with Crippen molar-refractivity contribution in [2.24, 2.45) is 50.2 Å². The third-order valence-electron chi connectivity index (χ3n) is 19.7.